The van der Waals surface area contributed by atoms with Crippen molar-refractivity contribution in [1.29, 1.82) is 0 Å². The highest BCUT2D eigenvalue weighted by Crippen LogP contribution is 2.32. The van der Waals surface area contributed by atoms with E-state index >= 15 is 0 Å². The van der Waals surface area contributed by atoms with Crippen LogP contribution in [0.15, 0.2) is 18.2 Å². The number of pyridine rings is 1. The Labute approximate surface area is 190 Å². The van der Waals surface area contributed by atoms with Crippen molar-refractivity contribution in [3.8, 4) is 0 Å². The molecule has 10 heteroatoms. The molecule has 0 bridgehead atoms. The molecule has 1 N–H and O–H groups in total. The molecule has 0 spiro atoms. The molecule has 3 rings (SSSR count). The van der Waals surface area contributed by atoms with Gasteiger partial charge in [0.2, 0.25) is 0 Å². The smallest absolute Gasteiger partial charge is 0.408 e. The van der Waals surface area contributed by atoms with E-state index in [-0.39, 0.29) is 18.9 Å². The molecule has 2 aromatic rings. The quantitative estimate of drug-likeness (QED) is 0.641. The first-order valence-corrected chi connectivity index (χ1v) is 10.9. The average Bonchev–Trinajstić information content (AvgIpc) is 2.68. The number of nitrogens with zero attached hydrogens (tertiary/aromatic N) is 3. The topological polar surface area (TPSA) is 57.7 Å². The second-order valence-electron chi connectivity index (χ2n) is 9.39. The Morgan fingerprint density at radius 1 is 1.18 bits per heavy atom. The van der Waals surface area contributed by atoms with Crippen LogP contribution in [0.3, 0.4) is 0 Å². The van der Waals surface area contributed by atoms with Crippen molar-refractivity contribution in [2.24, 2.45) is 0 Å². The van der Waals surface area contributed by atoms with E-state index in [1.807, 2.05) is 11.0 Å². The van der Waals surface area contributed by atoms with Crippen LogP contribution in [-0.2, 0) is 4.74 Å². The van der Waals surface area contributed by atoms with Crippen LogP contribution in [0, 0.1) is 12.7 Å². The molecule has 1 aromatic heterocycles. The SMILES string of the molecule is Cc1c(F)ccc2cc([C@H](C)NC(=O)OC(C)(C)C)c(N3CCN(CC(F)(F)F)CC3)nc12. The van der Waals surface area contributed by atoms with Gasteiger partial charge in [0.15, 0.2) is 0 Å². The molecule has 1 aliphatic rings. The number of aryl methyl sites for hydroxylation is 1. The van der Waals surface area contributed by atoms with Gasteiger partial charge in [0.25, 0.3) is 0 Å². The number of alkyl halides is 3. The van der Waals surface area contributed by atoms with Crippen LogP contribution >= 0.6 is 0 Å². The van der Waals surface area contributed by atoms with Gasteiger partial charge in [-0.1, -0.05) is 0 Å². The van der Waals surface area contributed by atoms with Gasteiger partial charge in [0.05, 0.1) is 18.1 Å². The van der Waals surface area contributed by atoms with Gasteiger partial charge in [0, 0.05) is 42.7 Å². The number of hydrogen-bond acceptors (Lipinski definition) is 5. The van der Waals surface area contributed by atoms with E-state index in [1.54, 1.807) is 40.7 Å². The summed E-state index contributed by atoms with van der Waals surface area (Å²) in [5.74, 6) is 0.134. The molecular formula is C23H30F4N4O2. The minimum atomic E-state index is -4.25. The Morgan fingerprint density at radius 3 is 2.39 bits per heavy atom. The fourth-order valence-corrected chi connectivity index (χ4v) is 3.87. The largest absolute Gasteiger partial charge is 0.444 e. The zero-order valence-corrected chi connectivity index (χ0v) is 19.5. The first-order valence-electron chi connectivity index (χ1n) is 10.9. The molecule has 0 radical (unpaired) electrons. The lowest BCUT2D eigenvalue weighted by Gasteiger charge is -2.37. The number of ether oxygens (including phenoxy) is 1. The zero-order valence-electron chi connectivity index (χ0n) is 19.5. The van der Waals surface area contributed by atoms with Crippen molar-refractivity contribution >= 4 is 22.8 Å². The van der Waals surface area contributed by atoms with Gasteiger partial charge < -0.3 is 15.0 Å². The highest BCUT2D eigenvalue weighted by molar-refractivity contribution is 5.85. The molecule has 1 atom stereocenters. The first kappa shape index (κ1) is 25.0. The average molecular weight is 471 g/mol. The molecule has 1 fully saturated rings. The predicted molar refractivity (Wildman–Crippen MR) is 119 cm³/mol. The van der Waals surface area contributed by atoms with Crippen molar-refractivity contribution < 1.29 is 27.1 Å². The highest BCUT2D eigenvalue weighted by Gasteiger charge is 2.33. The lowest BCUT2D eigenvalue weighted by molar-refractivity contribution is -0.146. The van der Waals surface area contributed by atoms with Gasteiger partial charge in [-0.25, -0.2) is 14.2 Å². The van der Waals surface area contributed by atoms with Crippen LogP contribution in [0.25, 0.3) is 10.9 Å². The summed E-state index contributed by atoms with van der Waals surface area (Å²) < 4.78 is 57.8. The number of halogens is 4. The molecule has 1 amide bonds. The third-order valence-electron chi connectivity index (χ3n) is 5.46. The van der Waals surface area contributed by atoms with Crippen LogP contribution in [0.2, 0.25) is 0 Å². The van der Waals surface area contributed by atoms with Gasteiger partial charge in [-0.3, -0.25) is 4.90 Å². The van der Waals surface area contributed by atoms with Crippen molar-refractivity contribution in [1.82, 2.24) is 15.2 Å². The molecule has 0 saturated carbocycles. The monoisotopic (exact) mass is 470 g/mol. The third-order valence-corrected chi connectivity index (χ3v) is 5.46. The molecule has 6 nitrogen and oxygen atoms in total. The van der Waals surface area contributed by atoms with Crippen molar-refractivity contribution in [2.45, 2.75) is 52.4 Å². The number of carbonyl (C=O) groups excluding carboxylic acids is 1. The number of piperazine rings is 1. The van der Waals surface area contributed by atoms with Gasteiger partial charge >= 0.3 is 12.3 Å². The number of alkyl carbamates (subject to hydrolysis) is 1. The number of nitrogens with one attached hydrogen (secondary N) is 1. The Hall–Kier alpha value is -2.62. The fraction of sp³-hybridized carbons (Fsp3) is 0.565. The van der Waals surface area contributed by atoms with E-state index < -0.39 is 30.5 Å². The number of aromatic nitrogens is 1. The van der Waals surface area contributed by atoms with E-state index in [2.05, 4.69) is 5.32 Å². The summed E-state index contributed by atoms with van der Waals surface area (Å²) in [4.78, 5) is 20.3. The maximum atomic E-state index is 14.2. The van der Waals surface area contributed by atoms with Crippen molar-refractivity contribution in [3.05, 3.63) is 35.1 Å². The summed E-state index contributed by atoms with van der Waals surface area (Å²) in [7, 11) is 0. The lowest BCUT2D eigenvalue weighted by atomic mass is 10.0. The maximum absolute atomic E-state index is 14.2. The maximum Gasteiger partial charge on any atom is 0.408 e. The standard InChI is InChI=1S/C23H30F4N4O2/c1-14-18(24)7-6-16-12-17(15(2)28-21(32)33-22(3,4)5)20(29-19(14)16)31-10-8-30(9-11-31)13-23(25,26)27/h6-7,12,15H,8-11,13H2,1-5H3,(H,28,32)/t15-/m0/s1. The second-order valence-corrected chi connectivity index (χ2v) is 9.39. The Balaban J connectivity index is 1.92. The number of fused-ring (bicyclic) bond motifs is 1. The Morgan fingerprint density at radius 2 is 1.82 bits per heavy atom. The number of rotatable bonds is 4. The van der Waals surface area contributed by atoms with Gasteiger partial charge in [-0.2, -0.15) is 13.2 Å². The molecule has 2 heterocycles. The van der Waals surface area contributed by atoms with Crippen LogP contribution in [0.4, 0.5) is 28.2 Å². The van der Waals surface area contributed by atoms with E-state index in [0.717, 1.165) is 0 Å². The number of hydrogen-bond donors (Lipinski definition) is 1. The summed E-state index contributed by atoms with van der Waals surface area (Å²) >= 11 is 0. The normalized spacial score (nSPS) is 16.7. The first-order chi connectivity index (χ1) is 15.2. The molecule has 0 unspecified atom stereocenters. The molecule has 33 heavy (non-hydrogen) atoms. The van der Waals surface area contributed by atoms with Crippen LogP contribution in [-0.4, -0.2) is 60.5 Å². The van der Waals surface area contributed by atoms with Crippen molar-refractivity contribution in [2.75, 3.05) is 37.6 Å². The molecular weight excluding hydrogens is 440 g/mol. The summed E-state index contributed by atoms with van der Waals surface area (Å²) in [6.07, 6.45) is -4.85. The summed E-state index contributed by atoms with van der Waals surface area (Å²) in [6, 6.07) is 4.34. The van der Waals surface area contributed by atoms with Crippen LogP contribution in [0.5, 0.6) is 0 Å². The van der Waals surface area contributed by atoms with Crippen molar-refractivity contribution in [3.63, 3.8) is 0 Å². The number of benzene rings is 1. The summed E-state index contributed by atoms with van der Waals surface area (Å²) in [6.45, 7) is 8.84. The summed E-state index contributed by atoms with van der Waals surface area (Å²) in [5, 5.41) is 3.51. The predicted octanol–water partition coefficient (Wildman–Crippen LogP) is 4.95. The van der Waals surface area contributed by atoms with Crippen LogP contribution in [0.1, 0.15) is 44.9 Å². The molecule has 0 aliphatic carbocycles. The minimum Gasteiger partial charge on any atom is -0.444 e. The molecule has 182 valence electrons. The minimum absolute atomic E-state index is 0.217. The second kappa shape index (κ2) is 9.32. The number of anilines is 1. The fourth-order valence-electron chi connectivity index (χ4n) is 3.87. The third kappa shape index (κ3) is 6.46. The molecule has 1 saturated heterocycles. The van der Waals surface area contributed by atoms with Gasteiger partial charge in [-0.15, -0.1) is 0 Å². The number of carbonyl (C=O) groups is 1. The van der Waals surface area contributed by atoms with E-state index in [0.29, 0.717) is 40.9 Å². The Kier molecular flexibility index (Phi) is 7.07. The van der Waals surface area contributed by atoms with Gasteiger partial charge in [-0.05, 0) is 52.8 Å². The number of amides is 1. The molecule has 1 aliphatic heterocycles. The lowest BCUT2D eigenvalue weighted by Crippen LogP contribution is -2.49. The zero-order chi connectivity index (χ0) is 24.6. The van der Waals surface area contributed by atoms with E-state index in [4.69, 9.17) is 9.72 Å². The van der Waals surface area contributed by atoms with Gasteiger partial charge in [0.1, 0.15) is 17.2 Å². The van der Waals surface area contributed by atoms with E-state index in [1.165, 1.54) is 11.0 Å². The summed E-state index contributed by atoms with van der Waals surface area (Å²) in [5.41, 5.74) is 0.890. The van der Waals surface area contributed by atoms with E-state index in [9.17, 15) is 22.4 Å². The molecule has 1 aromatic carbocycles. The van der Waals surface area contributed by atoms with Crippen LogP contribution < -0.4 is 10.2 Å². The Bertz CT molecular complexity index is 1010. The highest BCUT2D eigenvalue weighted by atomic mass is 19.4.